The van der Waals surface area contributed by atoms with Gasteiger partial charge in [-0.2, -0.15) is 0 Å². The fraction of sp³-hybridized carbons (Fsp3) is 0.360. The standard InChI is InChI=1S/C25H31NO4/c1-5-6-7-8-20-9-11-21(12-10-20)22-13-15-23(16-14-22)30-24(27)18-29-25(28)19(2)17-26(3)4/h9-16H,2,5-8,17-18H2,1,3-4H3. The molecule has 0 aliphatic rings. The first-order valence-corrected chi connectivity index (χ1v) is 10.3. The van der Waals surface area contributed by atoms with E-state index in [0.717, 1.165) is 17.5 Å². The van der Waals surface area contributed by atoms with Crippen molar-refractivity contribution in [3.8, 4) is 16.9 Å². The molecule has 5 heteroatoms. The van der Waals surface area contributed by atoms with Gasteiger partial charge in [0, 0.05) is 12.1 Å². The molecule has 0 fully saturated rings. The molecule has 0 aromatic heterocycles. The number of benzene rings is 2. The van der Waals surface area contributed by atoms with Gasteiger partial charge >= 0.3 is 11.9 Å². The molecule has 2 aromatic rings. The summed E-state index contributed by atoms with van der Waals surface area (Å²) in [4.78, 5) is 25.5. The van der Waals surface area contributed by atoms with Crippen molar-refractivity contribution in [1.29, 1.82) is 0 Å². The maximum Gasteiger partial charge on any atom is 0.349 e. The number of likely N-dealkylation sites (N-methyl/N-ethyl adjacent to an activating group) is 1. The number of rotatable bonds is 11. The van der Waals surface area contributed by atoms with Gasteiger partial charge in [-0.25, -0.2) is 9.59 Å². The highest BCUT2D eigenvalue weighted by Crippen LogP contribution is 2.23. The number of aryl methyl sites for hydroxylation is 1. The Labute approximate surface area is 179 Å². The lowest BCUT2D eigenvalue weighted by molar-refractivity contribution is -0.150. The fourth-order valence-electron chi connectivity index (χ4n) is 2.99. The first-order chi connectivity index (χ1) is 14.4. The number of carbonyl (C=O) groups excluding carboxylic acids is 2. The zero-order valence-corrected chi connectivity index (χ0v) is 18.1. The molecule has 2 aromatic carbocycles. The molecule has 0 saturated carbocycles. The second-order valence-electron chi connectivity index (χ2n) is 7.57. The molecule has 0 amide bonds. The Balaban J connectivity index is 1.84. The van der Waals surface area contributed by atoms with Crippen molar-refractivity contribution in [2.45, 2.75) is 32.6 Å². The van der Waals surface area contributed by atoms with Crippen LogP contribution in [0, 0.1) is 0 Å². The number of ether oxygens (including phenoxy) is 2. The molecule has 0 aliphatic carbocycles. The Morgan fingerprint density at radius 2 is 1.53 bits per heavy atom. The number of carbonyl (C=O) groups is 2. The summed E-state index contributed by atoms with van der Waals surface area (Å²) in [6, 6.07) is 15.8. The molecule has 0 bridgehead atoms. The van der Waals surface area contributed by atoms with Crippen molar-refractivity contribution in [2.75, 3.05) is 27.2 Å². The van der Waals surface area contributed by atoms with Crippen LogP contribution >= 0.6 is 0 Å². The van der Waals surface area contributed by atoms with Crippen molar-refractivity contribution in [3.63, 3.8) is 0 Å². The molecule has 0 saturated heterocycles. The van der Waals surface area contributed by atoms with Gasteiger partial charge in [0.25, 0.3) is 0 Å². The van der Waals surface area contributed by atoms with Crippen LogP contribution in [0.15, 0.2) is 60.7 Å². The van der Waals surface area contributed by atoms with E-state index in [-0.39, 0.29) is 5.57 Å². The van der Waals surface area contributed by atoms with Gasteiger partial charge in [0.15, 0.2) is 6.61 Å². The average Bonchev–Trinajstić information content (AvgIpc) is 2.73. The molecule has 0 spiro atoms. The van der Waals surface area contributed by atoms with Crippen LogP contribution in [0.1, 0.15) is 31.7 Å². The van der Waals surface area contributed by atoms with Gasteiger partial charge in [0.1, 0.15) is 5.75 Å². The second-order valence-corrected chi connectivity index (χ2v) is 7.57. The van der Waals surface area contributed by atoms with Crippen molar-refractivity contribution >= 4 is 11.9 Å². The van der Waals surface area contributed by atoms with Crippen LogP contribution in [0.4, 0.5) is 0 Å². The smallest absolute Gasteiger partial charge is 0.349 e. The van der Waals surface area contributed by atoms with E-state index >= 15 is 0 Å². The third kappa shape index (κ3) is 7.84. The molecule has 0 aliphatic heterocycles. The van der Waals surface area contributed by atoms with Crippen LogP contribution in [0.3, 0.4) is 0 Å². The van der Waals surface area contributed by atoms with E-state index in [2.05, 4.69) is 37.8 Å². The Morgan fingerprint density at radius 3 is 2.10 bits per heavy atom. The van der Waals surface area contributed by atoms with Crippen LogP contribution in [0.5, 0.6) is 5.75 Å². The molecule has 5 nitrogen and oxygen atoms in total. The fourth-order valence-corrected chi connectivity index (χ4v) is 2.99. The third-order valence-electron chi connectivity index (χ3n) is 4.56. The Kier molecular flexibility index (Phi) is 9.29. The van der Waals surface area contributed by atoms with Gasteiger partial charge in [-0.3, -0.25) is 0 Å². The molecule has 30 heavy (non-hydrogen) atoms. The maximum atomic E-state index is 11.9. The molecule has 0 heterocycles. The van der Waals surface area contributed by atoms with Gasteiger partial charge < -0.3 is 14.4 Å². The minimum Gasteiger partial charge on any atom is -0.450 e. The summed E-state index contributed by atoms with van der Waals surface area (Å²) >= 11 is 0. The topological polar surface area (TPSA) is 55.8 Å². The van der Waals surface area contributed by atoms with Crippen LogP contribution in [-0.4, -0.2) is 44.1 Å². The van der Waals surface area contributed by atoms with Gasteiger partial charge in [0.2, 0.25) is 0 Å². The summed E-state index contributed by atoms with van der Waals surface area (Å²) in [5.41, 5.74) is 3.79. The lowest BCUT2D eigenvalue weighted by Gasteiger charge is -2.11. The Morgan fingerprint density at radius 1 is 0.933 bits per heavy atom. The Bertz CT molecular complexity index is 838. The van der Waals surface area contributed by atoms with Gasteiger partial charge in [-0.1, -0.05) is 62.7 Å². The SMILES string of the molecule is C=C(CN(C)C)C(=O)OCC(=O)Oc1ccc(-c2ccc(CCCCC)cc2)cc1. The average molecular weight is 410 g/mol. The van der Waals surface area contributed by atoms with Crippen molar-refractivity contribution in [2.24, 2.45) is 0 Å². The maximum absolute atomic E-state index is 11.9. The van der Waals surface area contributed by atoms with Crippen LogP contribution in [0.2, 0.25) is 0 Å². The normalized spacial score (nSPS) is 10.7. The van der Waals surface area contributed by atoms with E-state index < -0.39 is 18.5 Å². The van der Waals surface area contributed by atoms with Crippen molar-refractivity contribution in [1.82, 2.24) is 4.90 Å². The first-order valence-electron chi connectivity index (χ1n) is 10.3. The summed E-state index contributed by atoms with van der Waals surface area (Å²) in [5.74, 6) is -0.831. The highest BCUT2D eigenvalue weighted by molar-refractivity contribution is 5.89. The highest BCUT2D eigenvalue weighted by atomic mass is 16.6. The number of hydrogen-bond acceptors (Lipinski definition) is 5. The molecule has 0 radical (unpaired) electrons. The zero-order chi connectivity index (χ0) is 21.9. The van der Waals surface area contributed by atoms with E-state index in [9.17, 15) is 9.59 Å². The van der Waals surface area contributed by atoms with Gasteiger partial charge in [0.05, 0.1) is 0 Å². The number of nitrogens with zero attached hydrogens (tertiary/aromatic N) is 1. The summed E-state index contributed by atoms with van der Waals surface area (Å²) in [6.45, 7) is 5.78. The quantitative estimate of drug-likeness (QED) is 0.234. The lowest BCUT2D eigenvalue weighted by Crippen LogP contribution is -2.24. The van der Waals surface area contributed by atoms with Gasteiger partial charge in [-0.05, 0) is 55.8 Å². The van der Waals surface area contributed by atoms with Crippen LogP contribution < -0.4 is 4.74 Å². The second kappa shape index (κ2) is 11.9. The minimum absolute atomic E-state index is 0.286. The van der Waals surface area contributed by atoms with E-state index in [1.807, 2.05) is 26.2 Å². The van der Waals surface area contributed by atoms with Gasteiger partial charge in [-0.15, -0.1) is 0 Å². The molecule has 0 unspecified atom stereocenters. The van der Waals surface area contributed by atoms with E-state index in [0.29, 0.717) is 12.3 Å². The van der Waals surface area contributed by atoms with Crippen LogP contribution in [-0.2, 0) is 20.7 Å². The predicted molar refractivity (Wildman–Crippen MR) is 119 cm³/mol. The highest BCUT2D eigenvalue weighted by Gasteiger charge is 2.13. The van der Waals surface area contributed by atoms with Crippen LogP contribution in [0.25, 0.3) is 11.1 Å². The summed E-state index contributed by atoms with van der Waals surface area (Å²) < 4.78 is 10.2. The molecular formula is C25H31NO4. The van der Waals surface area contributed by atoms with Crippen molar-refractivity contribution in [3.05, 3.63) is 66.2 Å². The molecule has 2 rings (SSSR count). The summed E-state index contributed by atoms with van der Waals surface area (Å²) in [7, 11) is 3.64. The molecule has 160 valence electrons. The van der Waals surface area contributed by atoms with Crippen molar-refractivity contribution < 1.29 is 19.1 Å². The van der Waals surface area contributed by atoms with E-state index in [1.54, 1.807) is 17.0 Å². The lowest BCUT2D eigenvalue weighted by atomic mass is 10.0. The number of esters is 2. The number of hydrogen-bond donors (Lipinski definition) is 0. The van der Waals surface area contributed by atoms with E-state index in [4.69, 9.17) is 9.47 Å². The molecule has 0 atom stereocenters. The molecular weight excluding hydrogens is 378 g/mol. The first kappa shape index (κ1) is 23.4. The van der Waals surface area contributed by atoms with E-state index in [1.165, 1.54) is 24.8 Å². The monoisotopic (exact) mass is 409 g/mol. The Hall–Kier alpha value is -2.92. The minimum atomic E-state index is -0.634. The zero-order valence-electron chi connectivity index (χ0n) is 18.1. The predicted octanol–water partition coefficient (Wildman–Crippen LogP) is 4.65. The number of unbranched alkanes of at least 4 members (excludes halogenated alkanes) is 2. The summed E-state index contributed by atoms with van der Waals surface area (Å²) in [6.07, 6.45) is 4.81. The third-order valence-corrected chi connectivity index (χ3v) is 4.56. The molecule has 0 N–H and O–H groups in total. The summed E-state index contributed by atoms with van der Waals surface area (Å²) in [5, 5.41) is 0. The largest absolute Gasteiger partial charge is 0.450 e.